The van der Waals surface area contributed by atoms with Gasteiger partial charge in [-0.15, -0.1) is 0 Å². The lowest BCUT2D eigenvalue weighted by molar-refractivity contribution is -0.153. The highest BCUT2D eigenvalue weighted by Gasteiger charge is 2.27. The Hall–Kier alpha value is -3.63. The van der Waals surface area contributed by atoms with Crippen LogP contribution in [0.5, 0.6) is 0 Å². The Morgan fingerprint density at radius 3 is 1.23 bits per heavy atom. The topological polar surface area (TPSA) is 149 Å². The van der Waals surface area contributed by atoms with E-state index in [1.165, 1.54) is 0 Å². The van der Waals surface area contributed by atoms with Gasteiger partial charge >= 0.3 is 19.8 Å². The van der Waals surface area contributed by atoms with Gasteiger partial charge in [-0.2, -0.15) is 0 Å². The summed E-state index contributed by atoms with van der Waals surface area (Å²) in [6, 6.07) is 0. The third-order valence-electron chi connectivity index (χ3n) is 7.70. The normalized spacial score (nSPS) is 15.1. The van der Waals surface area contributed by atoms with Crippen LogP contribution in [0.15, 0.2) is 122 Å². The molecule has 0 radical (unpaired) electrons. The van der Waals surface area contributed by atoms with Crippen LogP contribution in [0.25, 0.3) is 0 Å². The van der Waals surface area contributed by atoms with E-state index < -0.39 is 58.4 Å². The van der Waals surface area contributed by atoms with Gasteiger partial charge in [-0.25, -0.2) is 4.57 Å². The van der Waals surface area contributed by atoms with Crippen molar-refractivity contribution in [3.63, 3.8) is 0 Å². The molecule has 0 heterocycles. The SMILES string of the molecule is CC/C=C\C/C=C\C/C=C\C/C=C\C/C=C\CCCCCC(=O)OC(CO)COP(=O)(O)OCC(CO)OC(=O)C/C=C\C/C=C\C/C=C\C/C=C\C/C=C\CC. The standard InChI is InChI=1S/C46H71O10P/c1-3-5-7-9-11-13-15-17-19-20-21-22-24-26-28-30-32-34-36-38-46(50)56-44(40-48)42-54-57(51,52)53-41-43(39-47)55-45(49)37-35-33-31-29-27-25-23-18-16-14-12-10-8-6-4-2/h5-8,11-14,17-19,21-23,26-29,33,35,43-44,47-48H,3-4,9-10,15-16,20,24-25,30-32,34,36-42H2,1-2H3,(H,51,52)/b7-5-,8-6-,13-11-,14-12-,19-17-,22-21-,23-18-,28-26-,29-27-,35-33-. The van der Waals surface area contributed by atoms with Gasteiger partial charge in [0.15, 0.2) is 0 Å². The minimum atomic E-state index is -4.68. The van der Waals surface area contributed by atoms with Gasteiger partial charge in [0.2, 0.25) is 0 Å². The number of carbonyl (C=O) groups is 2. The van der Waals surface area contributed by atoms with Crippen molar-refractivity contribution in [1.29, 1.82) is 0 Å². The van der Waals surface area contributed by atoms with Crippen LogP contribution in [-0.4, -0.2) is 65.7 Å². The summed E-state index contributed by atoms with van der Waals surface area (Å²) in [4.78, 5) is 34.4. The maximum absolute atomic E-state index is 12.3. The summed E-state index contributed by atoms with van der Waals surface area (Å²) in [7, 11) is -4.68. The Morgan fingerprint density at radius 2 is 0.842 bits per heavy atom. The molecule has 3 N–H and O–H groups in total. The molecule has 0 aliphatic heterocycles. The molecule has 0 amide bonds. The highest BCUT2D eigenvalue weighted by molar-refractivity contribution is 7.47. The molecule has 0 rings (SSSR count). The molecule has 0 fully saturated rings. The van der Waals surface area contributed by atoms with Crippen LogP contribution in [0.1, 0.15) is 117 Å². The molecule has 57 heavy (non-hydrogen) atoms. The molecule has 3 unspecified atom stereocenters. The lowest BCUT2D eigenvalue weighted by Crippen LogP contribution is -2.28. The van der Waals surface area contributed by atoms with Crippen molar-refractivity contribution in [2.75, 3.05) is 26.4 Å². The van der Waals surface area contributed by atoms with E-state index in [2.05, 4.69) is 111 Å². The van der Waals surface area contributed by atoms with Gasteiger partial charge in [0.25, 0.3) is 0 Å². The van der Waals surface area contributed by atoms with E-state index in [-0.39, 0.29) is 12.8 Å². The van der Waals surface area contributed by atoms with Crippen molar-refractivity contribution >= 4 is 19.8 Å². The predicted octanol–water partition coefficient (Wildman–Crippen LogP) is 10.8. The van der Waals surface area contributed by atoms with E-state index in [4.69, 9.17) is 18.5 Å². The zero-order valence-electron chi connectivity index (χ0n) is 34.5. The lowest BCUT2D eigenvalue weighted by Gasteiger charge is -2.20. The number of phosphoric acid groups is 1. The van der Waals surface area contributed by atoms with E-state index in [0.29, 0.717) is 12.8 Å². The second-order valence-electron chi connectivity index (χ2n) is 12.9. The molecule has 0 aliphatic carbocycles. The van der Waals surface area contributed by atoms with E-state index >= 15 is 0 Å². The number of rotatable bonds is 36. The zero-order valence-corrected chi connectivity index (χ0v) is 35.4. The van der Waals surface area contributed by atoms with Crippen LogP contribution >= 0.6 is 7.82 Å². The van der Waals surface area contributed by atoms with Crippen LogP contribution in [0.2, 0.25) is 0 Å². The minimum Gasteiger partial charge on any atom is -0.457 e. The molecule has 0 bridgehead atoms. The zero-order chi connectivity index (χ0) is 41.9. The van der Waals surface area contributed by atoms with Crippen LogP contribution < -0.4 is 0 Å². The fraction of sp³-hybridized carbons (Fsp3) is 0.522. The van der Waals surface area contributed by atoms with Gasteiger partial charge in [-0.1, -0.05) is 142 Å². The van der Waals surface area contributed by atoms with Crippen molar-refractivity contribution < 1.29 is 47.8 Å². The minimum absolute atomic E-state index is 0.0504. The van der Waals surface area contributed by atoms with Gasteiger partial charge in [0.1, 0.15) is 12.2 Å². The van der Waals surface area contributed by atoms with Crippen LogP contribution in [-0.2, 0) is 32.7 Å². The number of esters is 2. The van der Waals surface area contributed by atoms with Gasteiger partial charge in [0, 0.05) is 6.42 Å². The molecule has 0 saturated carbocycles. The van der Waals surface area contributed by atoms with Gasteiger partial charge in [0.05, 0.1) is 32.8 Å². The Balaban J connectivity index is 4.14. The summed E-state index contributed by atoms with van der Waals surface area (Å²) in [5.74, 6) is -1.20. The third kappa shape index (κ3) is 39.0. The Bertz CT molecular complexity index is 1350. The average molecular weight is 815 g/mol. The summed E-state index contributed by atoms with van der Waals surface area (Å²) in [6.07, 6.45) is 52.0. The van der Waals surface area contributed by atoms with Crippen LogP contribution in [0.3, 0.4) is 0 Å². The smallest absolute Gasteiger partial charge is 0.457 e. The van der Waals surface area contributed by atoms with Crippen LogP contribution in [0.4, 0.5) is 0 Å². The largest absolute Gasteiger partial charge is 0.472 e. The van der Waals surface area contributed by atoms with E-state index in [1.54, 1.807) is 6.08 Å². The highest BCUT2D eigenvalue weighted by Crippen LogP contribution is 2.43. The molecule has 320 valence electrons. The average Bonchev–Trinajstić information content (AvgIpc) is 3.20. The molecule has 0 aliphatic rings. The first-order valence-corrected chi connectivity index (χ1v) is 22.0. The number of phosphoric ester groups is 1. The summed E-state index contributed by atoms with van der Waals surface area (Å²) >= 11 is 0. The first-order valence-electron chi connectivity index (χ1n) is 20.5. The first-order chi connectivity index (χ1) is 27.8. The van der Waals surface area contributed by atoms with Gasteiger partial charge in [-0.3, -0.25) is 18.6 Å². The molecule has 0 aromatic carbocycles. The molecule has 0 aromatic heterocycles. The van der Waals surface area contributed by atoms with E-state index in [9.17, 15) is 29.3 Å². The van der Waals surface area contributed by atoms with E-state index in [1.807, 2.05) is 18.2 Å². The number of hydrogen-bond acceptors (Lipinski definition) is 9. The fourth-order valence-electron chi connectivity index (χ4n) is 4.63. The fourth-order valence-corrected chi connectivity index (χ4v) is 5.41. The maximum Gasteiger partial charge on any atom is 0.472 e. The Labute approximate surface area is 343 Å². The van der Waals surface area contributed by atoms with E-state index in [0.717, 1.165) is 77.0 Å². The maximum atomic E-state index is 12.3. The van der Waals surface area contributed by atoms with Crippen molar-refractivity contribution in [3.05, 3.63) is 122 Å². The van der Waals surface area contributed by atoms with Crippen molar-refractivity contribution in [3.8, 4) is 0 Å². The quantitative estimate of drug-likeness (QED) is 0.0241. The number of hydrogen-bond donors (Lipinski definition) is 3. The summed E-state index contributed by atoms with van der Waals surface area (Å²) in [6.45, 7) is 1.79. The molecule has 10 nitrogen and oxygen atoms in total. The molecule has 0 saturated heterocycles. The lowest BCUT2D eigenvalue weighted by atomic mass is 10.1. The van der Waals surface area contributed by atoms with Gasteiger partial charge < -0.3 is 24.6 Å². The number of aliphatic hydroxyl groups excluding tert-OH is 2. The number of ether oxygens (including phenoxy) is 2. The summed E-state index contributed by atoms with van der Waals surface area (Å²) in [5, 5.41) is 19.1. The monoisotopic (exact) mass is 814 g/mol. The number of allylic oxidation sites excluding steroid dienone is 19. The number of aliphatic hydroxyl groups is 2. The second-order valence-corrected chi connectivity index (χ2v) is 14.3. The van der Waals surface area contributed by atoms with Crippen LogP contribution in [0, 0.1) is 0 Å². The molecule has 11 heteroatoms. The molecule has 0 aromatic rings. The molecule has 0 spiro atoms. The summed E-state index contributed by atoms with van der Waals surface area (Å²) < 4.78 is 32.4. The third-order valence-corrected chi connectivity index (χ3v) is 8.65. The van der Waals surface area contributed by atoms with Crippen molar-refractivity contribution in [2.24, 2.45) is 0 Å². The Morgan fingerprint density at radius 1 is 0.491 bits per heavy atom. The number of unbranched alkanes of at least 4 members (excludes halogenated alkanes) is 3. The molecular formula is C46H71O10P. The summed E-state index contributed by atoms with van der Waals surface area (Å²) in [5.41, 5.74) is 0. The molecule has 3 atom stereocenters. The van der Waals surface area contributed by atoms with Crippen molar-refractivity contribution in [1.82, 2.24) is 0 Å². The van der Waals surface area contributed by atoms with Gasteiger partial charge in [-0.05, 0) is 83.5 Å². The molecular weight excluding hydrogens is 743 g/mol. The highest BCUT2D eigenvalue weighted by atomic mass is 31.2. The number of carbonyl (C=O) groups excluding carboxylic acids is 2. The Kier molecular flexibility index (Phi) is 38.0. The first kappa shape index (κ1) is 53.4. The second kappa shape index (κ2) is 40.6. The predicted molar refractivity (Wildman–Crippen MR) is 232 cm³/mol. The van der Waals surface area contributed by atoms with Crippen molar-refractivity contribution in [2.45, 2.75) is 129 Å².